The zero-order valence-corrected chi connectivity index (χ0v) is 18.5. The van der Waals surface area contributed by atoms with Crippen LogP contribution in [-0.4, -0.2) is 51.9 Å². The Balaban J connectivity index is 2.01. The molecule has 0 unspecified atom stereocenters. The first-order valence-corrected chi connectivity index (χ1v) is 11.4. The van der Waals surface area contributed by atoms with E-state index in [1.165, 1.54) is 39.1 Å². The third-order valence-electron chi connectivity index (χ3n) is 4.44. The van der Waals surface area contributed by atoms with Gasteiger partial charge in [0, 0.05) is 17.5 Å². The lowest BCUT2D eigenvalue weighted by Crippen LogP contribution is -2.35. The minimum atomic E-state index is -4.08. The van der Waals surface area contributed by atoms with E-state index in [2.05, 4.69) is 9.71 Å². The van der Waals surface area contributed by atoms with Crippen LogP contribution >= 0.6 is 11.8 Å². The number of amides is 1. The lowest BCUT2D eigenvalue weighted by atomic mass is 10.1. The average molecular weight is 448 g/mol. The van der Waals surface area contributed by atoms with Crippen LogP contribution in [0.5, 0.6) is 11.5 Å². The summed E-state index contributed by atoms with van der Waals surface area (Å²) in [4.78, 5) is 13.8. The van der Waals surface area contributed by atoms with Crippen molar-refractivity contribution in [2.45, 2.75) is 4.90 Å². The van der Waals surface area contributed by atoms with Crippen LogP contribution in [0.2, 0.25) is 0 Å². The van der Waals surface area contributed by atoms with Gasteiger partial charge in [-0.1, -0.05) is 12.1 Å². The molecule has 2 aromatic rings. The number of rotatable bonds is 6. The maximum Gasteiger partial charge on any atom is 0.345 e. The van der Waals surface area contributed by atoms with Crippen LogP contribution in [0.1, 0.15) is 5.56 Å². The summed E-state index contributed by atoms with van der Waals surface area (Å²) in [6.45, 7) is 0. The highest BCUT2D eigenvalue weighted by Gasteiger charge is 2.30. The number of carbonyl (C=O) groups excluding carboxylic acids is 1. The maximum atomic E-state index is 12.9. The topological polar surface area (TPSA) is 97.3 Å². The molecule has 1 N–H and O–H groups in total. The molecular weight excluding hydrogens is 426 g/mol. The van der Waals surface area contributed by atoms with Gasteiger partial charge in [-0.2, -0.15) is 8.42 Å². The second-order valence-electron chi connectivity index (χ2n) is 6.18. The lowest BCUT2D eigenvalue weighted by molar-refractivity contribution is -0.113. The fraction of sp³-hybridized carbons (Fsp3) is 0.200. The molecular formula is C20H21N3O5S2. The number of hydrogen-bond donors (Lipinski definition) is 1. The molecule has 0 spiro atoms. The Labute approximate surface area is 179 Å². The van der Waals surface area contributed by atoms with E-state index >= 15 is 0 Å². The van der Waals surface area contributed by atoms with Gasteiger partial charge in [0.1, 0.15) is 5.70 Å². The van der Waals surface area contributed by atoms with Crippen molar-refractivity contribution < 1.29 is 22.7 Å². The van der Waals surface area contributed by atoms with Crippen LogP contribution in [0.15, 0.2) is 63.5 Å². The predicted molar refractivity (Wildman–Crippen MR) is 118 cm³/mol. The molecule has 0 radical (unpaired) electrons. The van der Waals surface area contributed by atoms with Crippen molar-refractivity contribution in [2.24, 2.45) is 4.40 Å². The quantitative estimate of drug-likeness (QED) is 0.684. The smallest absolute Gasteiger partial charge is 0.345 e. The van der Waals surface area contributed by atoms with E-state index < -0.39 is 16.1 Å². The zero-order valence-electron chi connectivity index (χ0n) is 16.9. The molecule has 0 aliphatic carbocycles. The second-order valence-corrected chi connectivity index (χ2v) is 8.65. The Hall–Kier alpha value is -2.98. The first-order chi connectivity index (χ1) is 14.3. The van der Waals surface area contributed by atoms with Gasteiger partial charge in [-0.05, 0) is 42.7 Å². The summed E-state index contributed by atoms with van der Waals surface area (Å²) < 4.78 is 40.4. The number of likely N-dealkylation sites (N-methyl/N-ethyl adjacent to an activating group) is 1. The molecule has 10 heteroatoms. The van der Waals surface area contributed by atoms with E-state index in [1.54, 1.807) is 30.3 Å². The van der Waals surface area contributed by atoms with Gasteiger partial charge < -0.3 is 14.8 Å². The Morgan fingerprint density at radius 1 is 1.10 bits per heavy atom. The normalized spacial score (nSPS) is 15.1. The number of nitrogens with zero attached hydrogens (tertiary/aromatic N) is 2. The summed E-state index contributed by atoms with van der Waals surface area (Å²) in [6.07, 6.45) is 3.32. The molecule has 0 atom stereocenters. The van der Waals surface area contributed by atoms with Gasteiger partial charge in [-0.15, -0.1) is 16.2 Å². The van der Waals surface area contributed by atoms with Gasteiger partial charge in [0.25, 0.3) is 5.91 Å². The lowest BCUT2D eigenvalue weighted by Gasteiger charge is -2.24. The van der Waals surface area contributed by atoms with Crippen LogP contribution in [-0.2, 0) is 15.0 Å². The minimum Gasteiger partial charge on any atom is -0.493 e. The Bertz CT molecular complexity index is 1140. The molecule has 2 aromatic carbocycles. The molecule has 0 aromatic heterocycles. The molecule has 158 valence electrons. The van der Waals surface area contributed by atoms with Gasteiger partial charge in [0.15, 0.2) is 11.5 Å². The highest BCUT2D eigenvalue weighted by Crippen LogP contribution is 2.30. The molecule has 3 rings (SSSR count). The van der Waals surface area contributed by atoms with E-state index in [4.69, 9.17) is 9.47 Å². The predicted octanol–water partition coefficient (Wildman–Crippen LogP) is 2.93. The van der Waals surface area contributed by atoms with Crippen molar-refractivity contribution in [1.82, 2.24) is 4.31 Å². The maximum absolute atomic E-state index is 12.9. The van der Waals surface area contributed by atoms with Crippen molar-refractivity contribution in [3.8, 4) is 11.5 Å². The molecule has 0 saturated heterocycles. The van der Waals surface area contributed by atoms with E-state index in [-0.39, 0.29) is 11.4 Å². The molecule has 1 amide bonds. The summed E-state index contributed by atoms with van der Waals surface area (Å²) in [5, 5.41) is 2.78. The molecule has 1 aliphatic heterocycles. The van der Waals surface area contributed by atoms with E-state index in [0.29, 0.717) is 22.7 Å². The number of nitrogens with one attached hydrogen (secondary N) is 1. The van der Waals surface area contributed by atoms with E-state index in [9.17, 15) is 13.2 Å². The highest BCUT2D eigenvalue weighted by molar-refractivity contribution is 7.98. The molecule has 1 aliphatic rings. The monoisotopic (exact) mass is 447 g/mol. The van der Waals surface area contributed by atoms with Gasteiger partial charge in [0.05, 0.1) is 25.6 Å². The van der Waals surface area contributed by atoms with Crippen molar-refractivity contribution >= 4 is 39.3 Å². The largest absolute Gasteiger partial charge is 0.493 e. The highest BCUT2D eigenvalue weighted by atomic mass is 32.2. The van der Waals surface area contributed by atoms with Gasteiger partial charge in [-0.3, -0.25) is 4.79 Å². The molecule has 0 saturated carbocycles. The summed E-state index contributed by atoms with van der Waals surface area (Å²) in [6, 6.07) is 12.2. The number of allylic oxidation sites excluding steroid dienone is 1. The molecule has 8 nitrogen and oxygen atoms in total. The Morgan fingerprint density at radius 2 is 1.80 bits per heavy atom. The van der Waals surface area contributed by atoms with E-state index in [1.807, 2.05) is 18.4 Å². The van der Waals surface area contributed by atoms with Crippen molar-refractivity contribution in [2.75, 3.05) is 32.8 Å². The van der Waals surface area contributed by atoms with Gasteiger partial charge in [-0.25, -0.2) is 4.31 Å². The molecule has 0 bridgehead atoms. The van der Waals surface area contributed by atoms with Crippen molar-refractivity contribution in [1.29, 1.82) is 0 Å². The minimum absolute atomic E-state index is 0.0503. The van der Waals surface area contributed by atoms with Crippen LogP contribution in [0, 0.1) is 0 Å². The summed E-state index contributed by atoms with van der Waals surface area (Å²) in [5.74, 6) is 0.353. The number of ether oxygens (including phenoxy) is 2. The number of benzene rings is 2. The number of thioether (sulfide) groups is 1. The first-order valence-electron chi connectivity index (χ1n) is 8.78. The number of anilines is 1. The summed E-state index contributed by atoms with van der Waals surface area (Å²) in [7, 11) is 0.189. The molecule has 30 heavy (non-hydrogen) atoms. The molecule has 0 fully saturated rings. The Morgan fingerprint density at radius 3 is 2.47 bits per heavy atom. The van der Waals surface area contributed by atoms with Crippen LogP contribution in [0.4, 0.5) is 5.69 Å². The third kappa shape index (κ3) is 4.29. The van der Waals surface area contributed by atoms with Gasteiger partial charge in [0.2, 0.25) is 0 Å². The second kappa shape index (κ2) is 8.80. The number of methoxy groups -OCH3 is 2. The van der Waals surface area contributed by atoms with Crippen LogP contribution in [0.3, 0.4) is 0 Å². The third-order valence-corrected chi connectivity index (χ3v) is 6.55. The number of hydrogen-bond acceptors (Lipinski definition) is 6. The number of carbonyl (C=O) groups is 1. The Kier molecular flexibility index (Phi) is 6.37. The number of para-hydroxylation sites is 1. The van der Waals surface area contributed by atoms with Gasteiger partial charge >= 0.3 is 10.2 Å². The van der Waals surface area contributed by atoms with Crippen molar-refractivity contribution in [3.63, 3.8) is 0 Å². The van der Waals surface area contributed by atoms with Crippen LogP contribution in [0.25, 0.3) is 0 Å². The standard InChI is InChI=1S/C20H21N3O5S2/c1-23-16(20(24)21-14-7-5-6-8-19(14)29-4)12-15(22-30(23,25)26)13-9-10-17(27-2)18(11-13)28-3/h5-12H,1-4H3,(H,21,24). The summed E-state index contributed by atoms with van der Waals surface area (Å²) in [5.41, 5.74) is 1.14. The SMILES string of the molecule is COc1ccc(C2=NS(=O)(=O)N(C)C(C(=O)Nc3ccccc3SC)=C2)cc1OC. The fourth-order valence-electron chi connectivity index (χ4n) is 2.83. The fourth-order valence-corrected chi connectivity index (χ4v) is 4.30. The average Bonchev–Trinajstić information content (AvgIpc) is 2.75. The van der Waals surface area contributed by atoms with Crippen LogP contribution < -0.4 is 14.8 Å². The first kappa shape index (κ1) is 21.7. The zero-order chi connectivity index (χ0) is 21.9. The van der Waals surface area contributed by atoms with E-state index in [0.717, 1.165) is 9.20 Å². The molecule has 1 heterocycles. The summed E-state index contributed by atoms with van der Waals surface area (Å²) >= 11 is 1.47. The van der Waals surface area contributed by atoms with Crippen molar-refractivity contribution in [3.05, 3.63) is 59.8 Å².